The van der Waals surface area contributed by atoms with Crippen LogP contribution in [0.25, 0.3) is 43.6 Å². The zero-order chi connectivity index (χ0) is 109. The molecule has 0 aliphatic carbocycles. The normalized spacial score (nSPS) is 16.1. The van der Waals surface area contributed by atoms with Gasteiger partial charge in [0.2, 0.25) is 0 Å². The Morgan fingerprint density at radius 2 is 0.676 bits per heavy atom. The second-order valence-corrected chi connectivity index (χ2v) is 44.1. The van der Waals surface area contributed by atoms with Crippen LogP contribution >= 0.6 is 92.8 Å². The zero-order valence-electron chi connectivity index (χ0n) is 83.4. The molecular weight excluding hydrogens is 2130 g/mol. The first kappa shape index (κ1) is 115. The predicted molar refractivity (Wildman–Crippen MR) is 555 cm³/mol. The van der Waals surface area contributed by atoms with Crippen molar-refractivity contribution in [3.05, 3.63) is 273 Å². The Hall–Kier alpha value is -10.2. The van der Waals surface area contributed by atoms with E-state index in [0.717, 1.165) is 59.9 Å². The number of aromatic nitrogens is 4. The molecule has 3 unspecified atom stereocenters. The smallest absolute Gasteiger partial charge is 0.416 e. The molecule has 0 spiro atoms. The number of esters is 2. The number of rotatable bonds is 19. The van der Waals surface area contributed by atoms with E-state index in [-0.39, 0.29) is 122 Å². The first-order chi connectivity index (χ1) is 69.2. The fraction of sp³-hybridized carbons (Fsp3) is 0.417. The van der Waals surface area contributed by atoms with Gasteiger partial charge in [-0.2, -0.15) is 52.7 Å². The fourth-order valence-corrected chi connectivity index (χ4v) is 23.5. The molecular formula is C108H110Cl8F12N8O11S. The van der Waals surface area contributed by atoms with Gasteiger partial charge in [-0.15, -0.1) is 0 Å². The molecule has 16 rings (SSSR count). The molecule has 0 radical (unpaired) electrons. The molecule has 148 heavy (non-hydrogen) atoms. The minimum absolute atomic E-state index is 0.0249. The Balaban J connectivity index is 0.000000165. The molecule has 0 N–H and O–H groups in total. The number of alkyl halides is 12. The van der Waals surface area contributed by atoms with Crippen LogP contribution < -0.4 is 0 Å². The maximum absolute atomic E-state index is 13.4. The topological polar surface area (TPSA) is 205 Å². The maximum atomic E-state index is 13.4. The molecule has 4 fully saturated rings. The van der Waals surface area contributed by atoms with Crippen molar-refractivity contribution in [1.29, 1.82) is 0 Å². The van der Waals surface area contributed by atoms with Crippen LogP contribution in [0.3, 0.4) is 0 Å². The van der Waals surface area contributed by atoms with Gasteiger partial charge < -0.3 is 47.3 Å². The number of hydrogen-bond acceptors (Lipinski definition) is 11. The molecule has 794 valence electrons. The van der Waals surface area contributed by atoms with Crippen LogP contribution in [-0.4, -0.2) is 165 Å². The van der Waals surface area contributed by atoms with E-state index in [1.807, 2.05) is 38.1 Å². The highest BCUT2D eigenvalue weighted by Gasteiger charge is 2.41. The van der Waals surface area contributed by atoms with Crippen molar-refractivity contribution in [3.63, 3.8) is 0 Å². The molecule has 0 bridgehead atoms. The van der Waals surface area contributed by atoms with Gasteiger partial charge in [0.15, 0.2) is 0 Å². The summed E-state index contributed by atoms with van der Waals surface area (Å²) < 4.78 is 201. The number of ether oxygens (including phenoxy) is 2. The van der Waals surface area contributed by atoms with E-state index in [9.17, 15) is 94.7 Å². The average molecular weight is 2240 g/mol. The number of methoxy groups -OCH3 is 1. The van der Waals surface area contributed by atoms with E-state index < -0.39 is 62.0 Å². The van der Waals surface area contributed by atoms with Gasteiger partial charge in [0.05, 0.1) is 89.5 Å². The molecule has 4 aliphatic heterocycles. The summed E-state index contributed by atoms with van der Waals surface area (Å²) in [5.74, 6) is -1.20. The van der Waals surface area contributed by atoms with E-state index in [2.05, 4.69) is 0 Å². The third-order valence-corrected chi connectivity index (χ3v) is 34.0. The number of hydrogen-bond donors (Lipinski definition) is 0. The van der Waals surface area contributed by atoms with E-state index >= 15 is 0 Å². The predicted octanol–water partition coefficient (Wildman–Crippen LogP) is 27.4. The Kier molecular flexibility index (Phi) is 35.9. The van der Waals surface area contributed by atoms with Crippen molar-refractivity contribution in [2.24, 2.45) is 57.8 Å². The summed E-state index contributed by atoms with van der Waals surface area (Å²) in [6, 6.07) is 29.2. The second-order valence-electron chi connectivity index (χ2n) is 38.7. The van der Waals surface area contributed by atoms with Gasteiger partial charge in [0, 0.05) is 211 Å². The van der Waals surface area contributed by atoms with Crippen LogP contribution in [0.15, 0.2) is 121 Å². The number of ketones is 1. The van der Waals surface area contributed by atoms with E-state index in [1.54, 1.807) is 156 Å². The quantitative estimate of drug-likeness (QED) is 0.0550. The van der Waals surface area contributed by atoms with Gasteiger partial charge in [0.25, 0.3) is 23.6 Å². The Bertz CT molecular complexity index is 7290. The third kappa shape index (κ3) is 25.4. The highest BCUT2D eigenvalue weighted by molar-refractivity contribution is 7.91. The molecule has 8 heterocycles. The van der Waals surface area contributed by atoms with Crippen molar-refractivity contribution < 1.29 is 104 Å². The summed E-state index contributed by atoms with van der Waals surface area (Å²) in [5.41, 5.74) is 7.19. The maximum Gasteiger partial charge on any atom is 0.416 e. The lowest BCUT2D eigenvalue weighted by atomic mass is 9.84. The van der Waals surface area contributed by atoms with Gasteiger partial charge in [-0.25, -0.2) is 8.42 Å². The Morgan fingerprint density at radius 1 is 0.405 bits per heavy atom. The molecule has 4 saturated heterocycles. The van der Waals surface area contributed by atoms with Crippen LogP contribution in [0.5, 0.6) is 0 Å². The van der Waals surface area contributed by atoms with Crippen molar-refractivity contribution in [1.82, 2.24) is 37.9 Å². The lowest BCUT2D eigenvalue weighted by Crippen LogP contribution is -2.43. The Morgan fingerprint density at radius 3 is 0.932 bits per heavy atom. The van der Waals surface area contributed by atoms with Gasteiger partial charge >= 0.3 is 36.6 Å². The number of amides is 4. The summed E-state index contributed by atoms with van der Waals surface area (Å²) in [5, 5.41) is 4.67. The molecule has 4 aliphatic rings. The summed E-state index contributed by atoms with van der Waals surface area (Å²) in [6.45, 7) is 17.6. The first-order valence-corrected chi connectivity index (χ1v) is 52.8. The molecule has 40 heteroatoms. The Labute approximate surface area is 889 Å². The van der Waals surface area contributed by atoms with Crippen LogP contribution in [0.4, 0.5) is 52.7 Å². The lowest BCUT2D eigenvalue weighted by molar-refractivity contribution is -0.150. The minimum Gasteiger partial charge on any atom is -0.469 e. The first-order valence-electron chi connectivity index (χ1n) is 47.8. The van der Waals surface area contributed by atoms with E-state index in [0.29, 0.717) is 247 Å². The van der Waals surface area contributed by atoms with Crippen molar-refractivity contribution in [2.45, 2.75) is 162 Å². The van der Waals surface area contributed by atoms with Crippen LogP contribution in [0, 0.1) is 57.3 Å². The van der Waals surface area contributed by atoms with Crippen LogP contribution in [0.1, 0.15) is 210 Å². The van der Waals surface area contributed by atoms with Crippen LogP contribution in [0.2, 0.25) is 40.2 Å². The molecule has 8 aromatic carbocycles. The number of aryl methyl sites for hydroxylation is 8. The fourth-order valence-electron chi connectivity index (χ4n) is 20.1. The second kappa shape index (κ2) is 46.2. The van der Waals surface area contributed by atoms with Crippen molar-refractivity contribution in [3.8, 4) is 0 Å². The molecule has 3 atom stereocenters. The summed E-state index contributed by atoms with van der Waals surface area (Å²) >= 11 is 52.8. The number of sulfone groups is 1. The SMILES string of the molecule is CC(=O)C1CCN(C(=O)c2ccc(Cl)c(Cc3cc4c(C)cc(C(F)(F)F)cc4n3C)c2Cl)CC1.CCOC(=O)C(C)C1CCN(C(=O)c2ccc(Cl)c(Cc3cc4c(C)cc(C(F)(F)F)cc4n3C)c2Cl)CC1.COC(=O)CC1CCN(C(=O)c2ccc(Cl)c(Cc3cc4c(C)cc(C(F)(F)F)cc4n3C)c2Cl)CC1C.Cc1cc(C(F)(F)F)cc2c1cc(Cc1c(Cl)ccc(C(=O)N3CCC(S(C)(=O)=O)CC3)c1Cl)n2C. The zero-order valence-corrected chi connectivity index (χ0v) is 90.3. The molecule has 4 amide bonds. The number of benzene rings is 8. The molecule has 0 saturated carbocycles. The summed E-state index contributed by atoms with van der Waals surface area (Å²) in [6.07, 6.45) is -11.3. The number of piperidine rings is 4. The molecule has 12 aromatic rings. The monoisotopic (exact) mass is 2230 g/mol. The highest BCUT2D eigenvalue weighted by Crippen LogP contribution is 2.46. The number of carbonyl (C=O) groups is 7. The van der Waals surface area contributed by atoms with Gasteiger partial charge in [-0.3, -0.25) is 33.6 Å². The highest BCUT2D eigenvalue weighted by atomic mass is 35.5. The molecule has 19 nitrogen and oxygen atoms in total. The van der Waals surface area contributed by atoms with Gasteiger partial charge in [0.1, 0.15) is 15.6 Å². The third-order valence-electron chi connectivity index (χ3n) is 29.2. The molecule has 4 aromatic heterocycles. The van der Waals surface area contributed by atoms with Crippen molar-refractivity contribution >= 4 is 188 Å². The lowest BCUT2D eigenvalue weighted by Gasteiger charge is -2.36. The summed E-state index contributed by atoms with van der Waals surface area (Å²) in [4.78, 5) is 95.5. The number of carbonyl (C=O) groups excluding carboxylic acids is 7. The van der Waals surface area contributed by atoms with Crippen molar-refractivity contribution in [2.75, 3.05) is 72.3 Å². The van der Waals surface area contributed by atoms with Gasteiger partial charge in [-0.05, 0) is 270 Å². The number of halogens is 20. The van der Waals surface area contributed by atoms with E-state index in [1.165, 1.54) is 13.4 Å². The number of likely N-dealkylation sites (tertiary alicyclic amines) is 4. The van der Waals surface area contributed by atoms with Crippen LogP contribution in [-0.2, 0) is 112 Å². The average Bonchev–Trinajstić information content (AvgIpc) is 1.62. The van der Waals surface area contributed by atoms with Gasteiger partial charge in [-0.1, -0.05) is 107 Å². The number of nitrogens with zero attached hydrogens (tertiary/aromatic N) is 8. The minimum atomic E-state index is -4.46. The summed E-state index contributed by atoms with van der Waals surface area (Å²) in [7, 11) is 4.98. The standard InChI is InChI=1S/C29H31Cl2F3N2O3.C28H29Cl2F3N2O3.C26H25Cl2F3N2O2.C25H25Cl2F3N2O3S/c1-5-39-28(38)17(3)18-8-10-36(11-9-18)27(37)21-6-7-24(30)23(26(21)31)15-20-14-22-16(2)12-19(29(32,33)34)13-25(22)35(20)4;1-15-9-18(28(31,32)33)11-24-21(15)12-19(34(24)3)13-22-23(29)6-5-20(26(22)30)27(37)35-8-7-17(16(2)14-35)10-25(36)38-4;1-14-10-17(26(29,30)31)11-23-20(14)12-18(32(23)3)13-21-22(27)5-4-19(24(21)28)25(35)33-8-6-16(7-9-33)15(2)34;1-14-10-15(25(28,29)30)11-22-19(14)12-16(31(22)2)13-20-21(26)5-4-18(23(20)27)24(33)32-8-6-17(7-9-32)36(3,34)35/h6-7,12-14,17-18H,5,8-11,15H2,1-4H3;5-6,9,11-12,16-17H,7-8,10,13-14H2,1-4H3;4-5,10-12,16H,6-9,13H2,1-3H3;4-5,10-12,17H,6-9,13H2,1-3H3. The number of Topliss-reactive ketones (excluding diaryl/α,β-unsaturated/α-hetero) is 1. The van der Waals surface area contributed by atoms with E-state index in [4.69, 9.17) is 102 Å². The largest absolute Gasteiger partial charge is 0.469 e. The number of fused-ring (bicyclic) bond motifs is 4.